The first-order valence-corrected chi connectivity index (χ1v) is 17.1. The molecule has 1 heterocycles. The summed E-state index contributed by atoms with van der Waals surface area (Å²) in [5.74, 6) is 0. The summed E-state index contributed by atoms with van der Waals surface area (Å²) in [7, 11) is 0. The first kappa shape index (κ1) is 29.5. The van der Waals surface area contributed by atoms with Crippen LogP contribution in [0.3, 0.4) is 0 Å². The van der Waals surface area contributed by atoms with Gasteiger partial charge in [0.05, 0.1) is 11.0 Å². The van der Waals surface area contributed by atoms with Crippen LogP contribution < -0.4 is 4.90 Å². The number of rotatable bonds is 7. The standard InChI is InChI=1S/C48H34N2/c1-5-16-35(17-6-1)38-30-39(36-18-7-2-8-19-36)32-40(31-38)37-20-15-25-43(33-37)49(41-21-9-3-10-22-41)44-28-29-46-45-26-13-14-27-47(45)50(48(46)34-44)42-23-11-4-12-24-42/h1-34H. The summed E-state index contributed by atoms with van der Waals surface area (Å²) in [4.78, 5) is 2.37. The van der Waals surface area contributed by atoms with Gasteiger partial charge in [0.2, 0.25) is 0 Å². The highest BCUT2D eigenvalue weighted by molar-refractivity contribution is 6.10. The summed E-state index contributed by atoms with van der Waals surface area (Å²) in [6.07, 6.45) is 0. The fourth-order valence-corrected chi connectivity index (χ4v) is 7.19. The number of fused-ring (bicyclic) bond motifs is 3. The van der Waals surface area contributed by atoms with Crippen LogP contribution in [0.2, 0.25) is 0 Å². The van der Waals surface area contributed by atoms with E-state index in [9.17, 15) is 0 Å². The van der Waals surface area contributed by atoms with Crippen molar-refractivity contribution in [2.24, 2.45) is 0 Å². The first-order valence-electron chi connectivity index (χ1n) is 17.1. The van der Waals surface area contributed by atoms with Crippen LogP contribution in [0, 0.1) is 0 Å². The van der Waals surface area contributed by atoms with Gasteiger partial charge in [0.1, 0.15) is 0 Å². The Kier molecular flexibility index (Phi) is 7.53. The zero-order valence-electron chi connectivity index (χ0n) is 27.5. The molecule has 0 atom stereocenters. The van der Waals surface area contributed by atoms with E-state index in [2.05, 4.69) is 216 Å². The molecule has 2 nitrogen and oxygen atoms in total. The van der Waals surface area contributed by atoms with Crippen molar-refractivity contribution in [2.45, 2.75) is 0 Å². The molecule has 0 saturated heterocycles. The SMILES string of the molecule is c1ccc(-c2cc(-c3ccccc3)cc(-c3cccc(N(c4ccccc4)c4ccc5c6ccccc6n(-c6ccccc6)c5c4)c3)c2)cc1. The minimum absolute atomic E-state index is 1.10. The van der Waals surface area contributed by atoms with Crippen molar-refractivity contribution in [1.82, 2.24) is 4.57 Å². The lowest BCUT2D eigenvalue weighted by Gasteiger charge is -2.26. The second-order valence-electron chi connectivity index (χ2n) is 12.6. The van der Waals surface area contributed by atoms with Gasteiger partial charge in [-0.25, -0.2) is 0 Å². The fourth-order valence-electron chi connectivity index (χ4n) is 7.19. The van der Waals surface area contributed by atoms with E-state index < -0.39 is 0 Å². The number of para-hydroxylation sites is 3. The molecule has 8 aromatic carbocycles. The molecule has 0 spiro atoms. The van der Waals surface area contributed by atoms with Crippen molar-refractivity contribution in [3.63, 3.8) is 0 Å². The normalized spacial score (nSPS) is 11.2. The Bertz CT molecular complexity index is 2510. The summed E-state index contributed by atoms with van der Waals surface area (Å²) in [6.45, 7) is 0. The van der Waals surface area contributed by atoms with Crippen LogP contribution >= 0.6 is 0 Å². The van der Waals surface area contributed by atoms with Gasteiger partial charge in [0.15, 0.2) is 0 Å². The Morgan fingerprint density at radius 3 is 1.42 bits per heavy atom. The van der Waals surface area contributed by atoms with Gasteiger partial charge >= 0.3 is 0 Å². The summed E-state index contributed by atoms with van der Waals surface area (Å²) in [5, 5.41) is 2.49. The molecule has 0 unspecified atom stereocenters. The van der Waals surface area contributed by atoms with Gasteiger partial charge in [-0.2, -0.15) is 0 Å². The molecule has 0 saturated carbocycles. The van der Waals surface area contributed by atoms with Gasteiger partial charge in [-0.1, -0.05) is 133 Å². The van der Waals surface area contributed by atoms with E-state index >= 15 is 0 Å². The Balaban J connectivity index is 1.22. The Labute approximate surface area is 292 Å². The molecule has 0 aliphatic carbocycles. The lowest BCUT2D eigenvalue weighted by Crippen LogP contribution is -2.10. The van der Waals surface area contributed by atoms with E-state index in [0.29, 0.717) is 0 Å². The molecular formula is C48H34N2. The molecule has 0 N–H and O–H groups in total. The number of benzene rings is 8. The zero-order valence-corrected chi connectivity index (χ0v) is 27.5. The van der Waals surface area contributed by atoms with Crippen LogP contribution in [0.5, 0.6) is 0 Å². The van der Waals surface area contributed by atoms with Crippen LogP contribution in [0.1, 0.15) is 0 Å². The lowest BCUT2D eigenvalue weighted by molar-refractivity contribution is 1.18. The van der Waals surface area contributed by atoms with Crippen LogP contribution in [0.15, 0.2) is 206 Å². The van der Waals surface area contributed by atoms with Crippen molar-refractivity contribution < 1.29 is 0 Å². The summed E-state index contributed by atoms with van der Waals surface area (Å²) in [6, 6.07) is 74.1. The van der Waals surface area contributed by atoms with E-state index in [1.165, 1.54) is 49.6 Å². The number of nitrogens with zero attached hydrogens (tertiary/aromatic N) is 2. The topological polar surface area (TPSA) is 8.17 Å². The van der Waals surface area contributed by atoms with Gasteiger partial charge in [-0.3, -0.25) is 0 Å². The van der Waals surface area contributed by atoms with Gasteiger partial charge in [0, 0.05) is 33.5 Å². The van der Waals surface area contributed by atoms with E-state index in [1.807, 2.05) is 0 Å². The van der Waals surface area contributed by atoms with E-state index in [1.54, 1.807) is 0 Å². The molecule has 236 valence electrons. The highest BCUT2D eigenvalue weighted by Crippen LogP contribution is 2.41. The van der Waals surface area contributed by atoms with Crippen molar-refractivity contribution in [3.05, 3.63) is 206 Å². The maximum atomic E-state index is 2.38. The van der Waals surface area contributed by atoms with Crippen LogP contribution in [0.4, 0.5) is 17.1 Å². The number of anilines is 3. The molecule has 50 heavy (non-hydrogen) atoms. The molecule has 1 aromatic heterocycles. The monoisotopic (exact) mass is 638 g/mol. The van der Waals surface area contributed by atoms with E-state index in [0.717, 1.165) is 28.3 Å². The summed E-state index contributed by atoms with van der Waals surface area (Å²) >= 11 is 0. The Morgan fingerprint density at radius 2 is 0.760 bits per heavy atom. The molecule has 9 aromatic rings. The molecule has 9 rings (SSSR count). The predicted octanol–water partition coefficient (Wildman–Crippen LogP) is 13.3. The smallest absolute Gasteiger partial charge is 0.0561 e. The van der Waals surface area contributed by atoms with Crippen molar-refractivity contribution >= 4 is 38.9 Å². The third kappa shape index (κ3) is 5.43. The summed E-state index contributed by atoms with van der Waals surface area (Å²) in [5.41, 5.74) is 14.0. The minimum atomic E-state index is 1.10. The van der Waals surface area contributed by atoms with E-state index in [4.69, 9.17) is 0 Å². The van der Waals surface area contributed by atoms with E-state index in [-0.39, 0.29) is 0 Å². The van der Waals surface area contributed by atoms with Crippen molar-refractivity contribution in [2.75, 3.05) is 4.90 Å². The second kappa shape index (κ2) is 12.8. The molecule has 0 bridgehead atoms. The van der Waals surface area contributed by atoms with Crippen LogP contribution in [0.25, 0.3) is 60.9 Å². The highest BCUT2D eigenvalue weighted by Gasteiger charge is 2.18. The maximum absolute atomic E-state index is 2.38. The molecule has 0 aliphatic rings. The molecule has 0 fully saturated rings. The highest BCUT2D eigenvalue weighted by atomic mass is 15.1. The Morgan fingerprint density at radius 1 is 0.280 bits per heavy atom. The molecular weight excluding hydrogens is 605 g/mol. The molecule has 0 amide bonds. The zero-order chi connectivity index (χ0) is 33.3. The van der Waals surface area contributed by atoms with Gasteiger partial charge in [0.25, 0.3) is 0 Å². The van der Waals surface area contributed by atoms with Gasteiger partial charge < -0.3 is 9.47 Å². The third-order valence-corrected chi connectivity index (χ3v) is 9.53. The molecule has 2 heteroatoms. The van der Waals surface area contributed by atoms with Gasteiger partial charge in [-0.15, -0.1) is 0 Å². The number of hydrogen-bond donors (Lipinski definition) is 0. The average Bonchev–Trinajstić information content (AvgIpc) is 3.53. The van der Waals surface area contributed by atoms with Crippen LogP contribution in [-0.2, 0) is 0 Å². The minimum Gasteiger partial charge on any atom is -0.310 e. The quantitative estimate of drug-likeness (QED) is 0.169. The first-order chi connectivity index (χ1) is 24.8. The fraction of sp³-hybridized carbons (Fsp3) is 0. The average molecular weight is 639 g/mol. The van der Waals surface area contributed by atoms with Crippen molar-refractivity contribution in [1.29, 1.82) is 0 Å². The van der Waals surface area contributed by atoms with Gasteiger partial charge in [-0.05, 0) is 106 Å². The second-order valence-corrected chi connectivity index (χ2v) is 12.6. The predicted molar refractivity (Wildman–Crippen MR) is 212 cm³/mol. The Hall–Kier alpha value is -6.64. The summed E-state index contributed by atoms with van der Waals surface area (Å²) < 4.78 is 2.38. The lowest BCUT2D eigenvalue weighted by atomic mass is 9.93. The van der Waals surface area contributed by atoms with Crippen molar-refractivity contribution in [3.8, 4) is 39.1 Å². The largest absolute Gasteiger partial charge is 0.310 e. The maximum Gasteiger partial charge on any atom is 0.0561 e. The molecule has 0 aliphatic heterocycles. The number of hydrogen-bond acceptors (Lipinski definition) is 1. The number of aromatic nitrogens is 1. The molecule has 0 radical (unpaired) electrons. The third-order valence-electron chi connectivity index (χ3n) is 9.53. The van der Waals surface area contributed by atoms with Crippen LogP contribution in [-0.4, -0.2) is 4.57 Å².